The number of carboxylic acids is 1. The lowest BCUT2D eigenvalue weighted by atomic mass is 9.81. The minimum atomic E-state index is -0.746. The van der Waals surface area contributed by atoms with Crippen LogP contribution in [0.15, 0.2) is 30.3 Å². The van der Waals surface area contributed by atoms with Gasteiger partial charge < -0.3 is 20.2 Å². The van der Waals surface area contributed by atoms with Gasteiger partial charge in [0.05, 0.1) is 5.41 Å². The predicted molar refractivity (Wildman–Crippen MR) is 92.1 cm³/mol. The first-order chi connectivity index (χ1) is 11.5. The number of likely N-dealkylation sites (N-methyl/N-ethyl adjacent to an activating group) is 1. The lowest BCUT2D eigenvalue weighted by Gasteiger charge is -2.24. The van der Waals surface area contributed by atoms with Crippen LogP contribution in [0.25, 0.3) is 0 Å². The summed E-state index contributed by atoms with van der Waals surface area (Å²) < 4.78 is 0. The summed E-state index contributed by atoms with van der Waals surface area (Å²) in [5, 5.41) is 12.5. The quantitative estimate of drug-likeness (QED) is 0.866. The minimum absolute atomic E-state index is 0.104. The number of nitrogens with one attached hydrogen (secondary N) is 1. The molecule has 2 aliphatic rings. The number of rotatable bonds is 5. The Labute approximate surface area is 142 Å². The standard InChI is InChI=1S/C18H25N3O3/c1-20(15-7-3-2-4-8-15)11-10-19-17(24)21-12-14-6-5-9-18(14,13-21)16(22)23/h2-4,7-8,14H,5-6,9-13H2,1H3,(H,19,24)(H,22,23)/t14-,18+/m0/s1. The fraction of sp³-hybridized carbons (Fsp3) is 0.556. The summed E-state index contributed by atoms with van der Waals surface area (Å²) in [6, 6.07) is 9.85. The second kappa shape index (κ2) is 6.71. The molecule has 0 spiro atoms. The number of carboxylic acid groups (broad SMARTS) is 1. The summed E-state index contributed by atoms with van der Waals surface area (Å²) in [6.07, 6.45) is 2.55. The van der Waals surface area contributed by atoms with Gasteiger partial charge in [-0.2, -0.15) is 0 Å². The van der Waals surface area contributed by atoms with Gasteiger partial charge in [-0.3, -0.25) is 4.79 Å². The van der Waals surface area contributed by atoms with Crippen molar-refractivity contribution < 1.29 is 14.7 Å². The van der Waals surface area contributed by atoms with Crippen LogP contribution in [0.5, 0.6) is 0 Å². The van der Waals surface area contributed by atoms with Gasteiger partial charge in [0.1, 0.15) is 0 Å². The fourth-order valence-electron chi connectivity index (χ4n) is 4.05. The van der Waals surface area contributed by atoms with Gasteiger partial charge in [-0.05, 0) is 30.9 Å². The number of amides is 2. The number of aliphatic carboxylic acids is 1. The van der Waals surface area contributed by atoms with Crippen LogP contribution < -0.4 is 10.2 Å². The molecule has 1 heterocycles. The molecule has 2 N–H and O–H groups in total. The third-order valence-electron chi connectivity index (χ3n) is 5.50. The molecule has 2 fully saturated rings. The average molecular weight is 331 g/mol. The van der Waals surface area contributed by atoms with E-state index in [0.29, 0.717) is 32.6 Å². The van der Waals surface area contributed by atoms with E-state index in [2.05, 4.69) is 10.2 Å². The van der Waals surface area contributed by atoms with E-state index in [1.165, 1.54) is 0 Å². The maximum atomic E-state index is 12.4. The van der Waals surface area contributed by atoms with E-state index in [4.69, 9.17) is 0 Å². The monoisotopic (exact) mass is 331 g/mol. The maximum Gasteiger partial charge on any atom is 0.317 e. The molecule has 24 heavy (non-hydrogen) atoms. The first kappa shape index (κ1) is 16.6. The molecular weight excluding hydrogens is 306 g/mol. The number of carbonyl (C=O) groups excluding carboxylic acids is 1. The highest BCUT2D eigenvalue weighted by molar-refractivity contribution is 5.80. The number of fused-ring (bicyclic) bond motifs is 1. The minimum Gasteiger partial charge on any atom is -0.481 e. The van der Waals surface area contributed by atoms with Gasteiger partial charge in [0.15, 0.2) is 0 Å². The van der Waals surface area contributed by atoms with Gasteiger partial charge >= 0.3 is 12.0 Å². The predicted octanol–water partition coefficient (Wildman–Crippen LogP) is 2.02. The topological polar surface area (TPSA) is 72.9 Å². The van der Waals surface area contributed by atoms with Crippen LogP contribution in [0.1, 0.15) is 19.3 Å². The Morgan fingerprint density at radius 3 is 2.79 bits per heavy atom. The molecule has 1 aliphatic carbocycles. The third-order valence-corrected chi connectivity index (χ3v) is 5.50. The van der Waals surface area contributed by atoms with Crippen molar-refractivity contribution in [3.63, 3.8) is 0 Å². The van der Waals surface area contributed by atoms with Gasteiger partial charge in [0, 0.05) is 38.9 Å². The van der Waals surface area contributed by atoms with E-state index >= 15 is 0 Å². The molecule has 3 rings (SSSR count). The van der Waals surface area contributed by atoms with Gasteiger partial charge in [-0.1, -0.05) is 24.6 Å². The SMILES string of the molecule is CN(CCNC(=O)N1C[C@@H]2CCC[C@@]2(C(=O)O)C1)c1ccccc1. The molecule has 0 radical (unpaired) electrons. The molecule has 130 valence electrons. The van der Waals surface area contributed by atoms with Crippen LogP contribution in [-0.4, -0.2) is 55.2 Å². The van der Waals surface area contributed by atoms with Crippen molar-refractivity contribution in [2.75, 3.05) is 38.1 Å². The number of likely N-dealkylation sites (tertiary alicyclic amines) is 1. The molecule has 6 nitrogen and oxygen atoms in total. The molecule has 1 aromatic rings. The van der Waals surface area contributed by atoms with Gasteiger partial charge in [-0.15, -0.1) is 0 Å². The van der Waals surface area contributed by atoms with E-state index in [1.807, 2.05) is 37.4 Å². The van der Waals surface area contributed by atoms with Crippen molar-refractivity contribution in [1.82, 2.24) is 10.2 Å². The highest BCUT2D eigenvalue weighted by Gasteiger charge is 2.55. The number of anilines is 1. The highest BCUT2D eigenvalue weighted by atomic mass is 16.4. The van der Waals surface area contributed by atoms with Crippen molar-refractivity contribution in [3.8, 4) is 0 Å². The number of hydrogen-bond acceptors (Lipinski definition) is 3. The van der Waals surface area contributed by atoms with Crippen LogP contribution in [0.2, 0.25) is 0 Å². The van der Waals surface area contributed by atoms with Crippen molar-refractivity contribution >= 4 is 17.7 Å². The van der Waals surface area contributed by atoms with E-state index in [9.17, 15) is 14.7 Å². The smallest absolute Gasteiger partial charge is 0.317 e. The number of carbonyl (C=O) groups is 2. The van der Waals surface area contributed by atoms with Crippen molar-refractivity contribution in [3.05, 3.63) is 30.3 Å². The fourth-order valence-corrected chi connectivity index (χ4v) is 4.05. The van der Waals surface area contributed by atoms with Gasteiger partial charge in [-0.25, -0.2) is 4.79 Å². The Bertz CT molecular complexity index is 607. The zero-order chi connectivity index (χ0) is 17.2. The normalized spacial score (nSPS) is 25.4. The highest BCUT2D eigenvalue weighted by Crippen LogP contribution is 2.48. The lowest BCUT2D eigenvalue weighted by molar-refractivity contribution is -0.149. The van der Waals surface area contributed by atoms with Crippen molar-refractivity contribution in [2.45, 2.75) is 19.3 Å². The molecule has 0 bridgehead atoms. The Hall–Kier alpha value is -2.24. The third kappa shape index (κ3) is 3.05. The van der Waals surface area contributed by atoms with Crippen molar-refractivity contribution in [2.24, 2.45) is 11.3 Å². The molecule has 1 saturated heterocycles. The maximum absolute atomic E-state index is 12.4. The molecule has 0 aromatic heterocycles. The largest absolute Gasteiger partial charge is 0.481 e. The lowest BCUT2D eigenvalue weighted by Crippen LogP contribution is -2.43. The first-order valence-corrected chi connectivity index (χ1v) is 8.55. The van der Waals surface area contributed by atoms with E-state index in [0.717, 1.165) is 18.5 Å². The summed E-state index contributed by atoms with van der Waals surface area (Å²) in [7, 11) is 1.99. The van der Waals surface area contributed by atoms with E-state index in [1.54, 1.807) is 4.90 Å². The number of para-hydroxylation sites is 1. The van der Waals surface area contributed by atoms with Gasteiger partial charge in [0.2, 0.25) is 0 Å². The Morgan fingerprint density at radius 1 is 1.38 bits per heavy atom. The number of urea groups is 1. The summed E-state index contributed by atoms with van der Waals surface area (Å²) in [6.45, 7) is 2.14. The molecule has 1 aliphatic heterocycles. The molecule has 2 amide bonds. The second-order valence-electron chi connectivity index (χ2n) is 6.92. The zero-order valence-corrected chi connectivity index (χ0v) is 14.1. The Balaban J connectivity index is 1.49. The number of hydrogen-bond donors (Lipinski definition) is 2. The zero-order valence-electron chi connectivity index (χ0n) is 14.1. The van der Waals surface area contributed by atoms with Crippen LogP contribution in [0.3, 0.4) is 0 Å². The number of benzene rings is 1. The Morgan fingerprint density at radius 2 is 2.12 bits per heavy atom. The van der Waals surface area contributed by atoms with Crippen LogP contribution in [0.4, 0.5) is 10.5 Å². The molecule has 2 atom stereocenters. The van der Waals surface area contributed by atoms with E-state index in [-0.39, 0.29) is 11.9 Å². The van der Waals surface area contributed by atoms with Crippen LogP contribution in [0, 0.1) is 11.3 Å². The molecule has 0 unspecified atom stereocenters. The van der Waals surface area contributed by atoms with Gasteiger partial charge in [0.25, 0.3) is 0 Å². The summed E-state index contributed by atoms with van der Waals surface area (Å²) in [4.78, 5) is 27.8. The molecule has 1 aromatic carbocycles. The van der Waals surface area contributed by atoms with Crippen LogP contribution in [-0.2, 0) is 4.79 Å². The summed E-state index contributed by atoms with van der Waals surface area (Å²) >= 11 is 0. The molecule has 6 heteroatoms. The Kier molecular flexibility index (Phi) is 4.64. The van der Waals surface area contributed by atoms with E-state index < -0.39 is 11.4 Å². The summed E-state index contributed by atoms with van der Waals surface area (Å²) in [5.74, 6) is -0.642. The first-order valence-electron chi connectivity index (χ1n) is 8.55. The second-order valence-corrected chi connectivity index (χ2v) is 6.92. The summed E-state index contributed by atoms with van der Waals surface area (Å²) in [5.41, 5.74) is 0.394. The average Bonchev–Trinajstić information content (AvgIpc) is 3.13. The number of nitrogens with zero attached hydrogens (tertiary/aromatic N) is 2. The molecular formula is C18H25N3O3. The van der Waals surface area contributed by atoms with Crippen LogP contribution >= 0.6 is 0 Å². The van der Waals surface area contributed by atoms with Crippen molar-refractivity contribution in [1.29, 1.82) is 0 Å². The molecule has 1 saturated carbocycles.